The second-order valence-electron chi connectivity index (χ2n) is 4.89. The van der Waals surface area contributed by atoms with Gasteiger partial charge in [0.1, 0.15) is 0 Å². The number of rotatable bonds is 5. The highest BCUT2D eigenvalue weighted by Gasteiger charge is 2.28. The normalized spacial score (nSPS) is 14.4. The van der Waals surface area contributed by atoms with Crippen molar-refractivity contribution in [2.45, 2.75) is 36.3 Å². The van der Waals surface area contributed by atoms with E-state index in [0.29, 0.717) is 23.1 Å². The summed E-state index contributed by atoms with van der Waals surface area (Å²) in [4.78, 5) is 16.3. The molecule has 5 nitrogen and oxygen atoms in total. The van der Waals surface area contributed by atoms with Gasteiger partial charge in [0, 0.05) is 10.8 Å². The number of aryl methyl sites for hydroxylation is 1. The Bertz CT molecular complexity index is 650. The van der Waals surface area contributed by atoms with Crippen LogP contribution in [0.15, 0.2) is 27.6 Å². The van der Waals surface area contributed by atoms with Gasteiger partial charge in [0.05, 0.1) is 11.3 Å². The Morgan fingerprint density at radius 1 is 1.50 bits per heavy atom. The number of aromatic carboxylic acids is 1. The Morgan fingerprint density at radius 2 is 2.30 bits per heavy atom. The summed E-state index contributed by atoms with van der Waals surface area (Å²) in [6.07, 6.45) is 2.29. The molecule has 104 valence electrons. The summed E-state index contributed by atoms with van der Waals surface area (Å²) < 4.78 is 5.19. The third-order valence-corrected chi connectivity index (χ3v) is 4.21. The van der Waals surface area contributed by atoms with E-state index in [-0.39, 0.29) is 0 Å². The molecule has 6 heteroatoms. The lowest BCUT2D eigenvalue weighted by atomic mass is 10.1. The van der Waals surface area contributed by atoms with Crippen molar-refractivity contribution in [3.05, 3.63) is 41.0 Å². The lowest BCUT2D eigenvalue weighted by molar-refractivity contribution is 0.0696. The van der Waals surface area contributed by atoms with E-state index >= 15 is 0 Å². The molecule has 0 aliphatic heterocycles. The minimum absolute atomic E-state index is 0.333. The summed E-state index contributed by atoms with van der Waals surface area (Å²) in [5, 5.41) is 13.1. The molecule has 2 aromatic rings. The number of benzene rings is 1. The Kier molecular flexibility index (Phi) is 3.48. The first-order valence-corrected chi connectivity index (χ1v) is 7.41. The molecule has 0 saturated heterocycles. The molecule has 0 atom stereocenters. The molecule has 1 aromatic carbocycles. The SMILES string of the molecule is Cc1ccc(SCc2nc(C3CC3)no2)cc1C(=O)O. The second kappa shape index (κ2) is 5.28. The van der Waals surface area contributed by atoms with Crippen molar-refractivity contribution in [1.82, 2.24) is 10.1 Å². The number of carboxylic acid groups (broad SMARTS) is 1. The van der Waals surface area contributed by atoms with Crippen molar-refractivity contribution in [2.24, 2.45) is 0 Å². The van der Waals surface area contributed by atoms with Crippen LogP contribution in [0.1, 0.15) is 46.4 Å². The Hall–Kier alpha value is -1.82. The third-order valence-electron chi connectivity index (χ3n) is 3.23. The van der Waals surface area contributed by atoms with Crippen molar-refractivity contribution < 1.29 is 14.4 Å². The van der Waals surface area contributed by atoms with E-state index in [2.05, 4.69) is 10.1 Å². The molecular weight excluding hydrogens is 276 g/mol. The van der Waals surface area contributed by atoms with Crippen molar-refractivity contribution in [3.63, 3.8) is 0 Å². The number of thioether (sulfide) groups is 1. The van der Waals surface area contributed by atoms with E-state index in [9.17, 15) is 4.79 Å². The fourth-order valence-corrected chi connectivity index (χ4v) is 2.67. The molecule has 1 aromatic heterocycles. The zero-order valence-corrected chi connectivity index (χ0v) is 11.8. The molecule has 0 bridgehead atoms. The molecule has 1 fully saturated rings. The smallest absolute Gasteiger partial charge is 0.335 e. The minimum Gasteiger partial charge on any atom is -0.478 e. The number of hydrogen-bond donors (Lipinski definition) is 1. The zero-order chi connectivity index (χ0) is 14.1. The largest absolute Gasteiger partial charge is 0.478 e. The van der Waals surface area contributed by atoms with Gasteiger partial charge in [0.15, 0.2) is 5.82 Å². The van der Waals surface area contributed by atoms with Crippen LogP contribution in [0.2, 0.25) is 0 Å². The molecule has 3 rings (SSSR count). The topological polar surface area (TPSA) is 76.2 Å². The van der Waals surface area contributed by atoms with Crippen LogP contribution in [0.3, 0.4) is 0 Å². The molecule has 0 radical (unpaired) electrons. The maximum absolute atomic E-state index is 11.1. The first-order chi connectivity index (χ1) is 9.63. The van der Waals surface area contributed by atoms with Gasteiger partial charge in [-0.05, 0) is 37.5 Å². The van der Waals surface area contributed by atoms with Crippen LogP contribution in [0, 0.1) is 6.92 Å². The Balaban J connectivity index is 1.67. The molecule has 1 aliphatic rings. The van der Waals surface area contributed by atoms with Crippen molar-refractivity contribution >= 4 is 17.7 Å². The second-order valence-corrected chi connectivity index (χ2v) is 5.94. The van der Waals surface area contributed by atoms with E-state index in [0.717, 1.165) is 29.1 Å². The van der Waals surface area contributed by atoms with Gasteiger partial charge >= 0.3 is 5.97 Å². The van der Waals surface area contributed by atoms with Gasteiger partial charge in [-0.25, -0.2) is 4.79 Å². The van der Waals surface area contributed by atoms with Crippen LogP contribution in [-0.4, -0.2) is 21.2 Å². The van der Waals surface area contributed by atoms with E-state index in [1.165, 1.54) is 11.8 Å². The van der Waals surface area contributed by atoms with Crippen LogP contribution in [0.25, 0.3) is 0 Å². The summed E-state index contributed by atoms with van der Waals surface area (Å²) in [5.41, 5.74) is 1.09. The lowest BCUT2D eigenvalue weighted by Crippen LogP contribution is -1.99. The van der Waals surface area contributed by atoms with Gasteiger partial charge in [0.2, 0.25) is 5.89 Å². The summed E-state index contributed by atoms with van der Waals surface area (Å²) in [6.45, 7) is 1.79. The van der Waals surface area contributed by atoms with Crippen LogP contribution < -0.4 is 0 Å². The van der Waals surface area contributed by atoms with Crippen LogP contribution in [-0.2, 0) is 5.75 Å². The van der Waals surface area contributed by atoms with Gasteiger partial charge in [-0.1, -0.05) is 11.2 Å². The monoisotopic (exact) mass is 290 g/mol. The predicted octanol–water partition coefficient (Wildman–Crippen LogP) is 3.25. The number of nitrogens with zero attached hydrogens (tertiary/aromatic N) is 2. The maximum Gasteiger partial charge on any atom is 0.335 e. The predicted molar refractivity (Wildman–Crippen MR) is 74.0 cm³/mol. The average molecular weight is 290 g/mol. The minimum atomic E-state index is -0.904. The van der Waals surface area contributed by atoms with Gasteiger partial charge in [-0.3, -0.25) is 0 Å². The molecular formula is C14H14N2O3S. The molecule has 0 unspecified atom stereocenters. The van der Waals surface area contributed by atoms with Gasteiger partial charge < -0.3 is 9.63 Å². The van der Waals surface area contributed by atoms with Crippen molar-refractivity contribution in [3.8, 4) is 0 Å². The zero-order valence-electron chi connectivity index (χ0n) is 11.0. The fourth-order valence-electron chi connectivity index (χ4n) is 1.90. The van der Waals surface area contributed by atoms with Gasteiger partial charge in [0.25, 0.3) is 0 Å². The van der Waals surface area contributed by atoms with E-state index in [4.69, 9.17) is 9.63 Å². The highest BCUT2D eigenvalue weighted by molar-refractivity contribution is 7.98. The van der Waals surface area contributed by atoms with E-state index in [1.807, 2.05) is 12.1 Å². The standard InChI is InChI=1S/C14H14N2O3S/c1-8-2-5-10(6-11(8)14(17)18)20-7-12-15-13(16-19-12)9-3-4-9/h2,5-6,9H,3-4,7H2,1H3,(H,17,18). The Labute approximate surface area is 120 Å². The molecule has 1 heterocycles. The number of aromatic nitrogens is 2. The lowest BCUT2D eigenvalue weighted by Gasteiger charge is -2.03. The summed E-state index contributed by atoms with van der Waals surface area (Å²) in [6, 6.07) is 5.40. The maximum atomic E-state index is 11.1. The van der Waals surface area contributed by atoms with Crippen molar-refractivity contribution in [1.29, 1.82) is 0 Å². The molecule has 0 amide bonds. The summed E-state index contributed by atoms with van der Waals surface area (Å²) in [7, 11) is 0. The quantitative estimate of drug-likeness (QED) is 0.852. The number of hydrogen-bond acceptors (Lipinski definition) is 5. The highest BCUT2D eigenvalue weighted by atomic mass is 32.2. The molecule has 1 aliphatic carbocycles. The molecule has 0 spiro atoms. The van der Waals surface area contributed by atoms with Gasteiger partial charge in [-0.2, -0.15) is 4.98 Å². The average Bonchev–Trinajstić information content (AvgIpc) is 3.17. The van der Waals surface area contributed by atoms with Crippen LogP contribution in [0.4, 0.5) is 0 Å². The first kappa shape index (κ1) is 13.2. The summed E-state index contributed by atoms with van der Waals surface area (Å²) >= 11 is 1.50. The molecule has 20 heavy (non-hydrogen) atoms. The molecule has 1 saturated carbocycles. The van der Waals surface area contributed by atoms with E-state index in [1.54, 1.807) is 13.0 Å². The fraction of sp³-hybridized carbons (Fsp3) is 0.357. The van der Waals surface area contributed by atoms with Crippen molar-refractivity contribution in [2.75, 3.05) is 0 Å². The first-order valence-electron chi connectivity index (χ1n) is 6.42. The number of carbonyl (C=O) groups is 1. The van der Waals surface area contributed by atoms with Gasteiger partial charge in [-0.15, -0.1) is 11.8 Å². The Morgan fingerprint density at radius 3 is 3.00 bits per heavy atom. The highest BCUT2D eigenvalue weighted by Crippen LogP contribution is 2.38. The summed E-state index contributed by atoms with van der Waals surface area (Å²) in [5.74, 6) is 1.53. The van der Waals surface area contributed by atoms with Crippen LogP contribution >= 0.6 is 11.8 Å². The third kappa shape index (κ3) is 2.85. The molecule has 1 N–H and O–H groups in total. The van der Waals surface area contributed by atoms with Crippen LogP contribution in [0.5, 0.6) is 0 Å². The van der Waals surface area contributed by atoms with E-state index < -0.39 is 5.97 Å². The number of carboxylic acids is 1.